The van der Waals surface area contributed by atoms with Gasteiger partial charge in [0.1, 0.15) is 6.04 Å². The molecule has 182 valence electrons. The lowest BCUT2D eigenvalue weighted by Crippen LogP contribution is -2.36. The second-order valence-electron chi connectivity index (χ2n) is 9.71. The first-order chi connectivity index (χ1) is 16.9. The molecule has 2 N–H and O–H groups in total. The number of aromatic amines is 1. The minimum absolute atomic E-state index is 0.211. The molecular weight excluding hydrogens is 440 g/mol. The maximum absolute atomic E-state index is 13.2. The quantitative estimate of drug-likeness (QED) is 0.280. The highest BCUT2D eigenvalue weighted by Crippen LogP contribution is 2.24. The van der Waals surface area contributed by atoms with E-state index in [0.29, 0.717) is 12.0 Å². The number of amides is 3. The molecule has 1 saturated heterocycles. The van der Waals surface area contributed by atoms with E-state index in [-0.39, 0.29) is 18.2 Å². The molecule has 0 spiro atoms. The monoisotopic (exact) mass is 472 g/mol. The van der Waals surface area contributed by atoms with Crippen molar-refractivity contribution >= 4 is 28.6 Å². The molecule has 1 aliphatic carbocycles. The molecule has 0 unspecified atom stereocenters. The van der Waals surface area contributed by atoms with Gasteiger partial charge >= 0.3 is 6.03 Å². The lowest BCUT2D eigenvalue weighted by atomic mass is 9.97. The Morgan fingerprint density at radius 1 is 1.14 bits per heavy atom. The van der Waals surface area contributed by atoms with Crippen LogP contribution in [0.2, 0.25) is 0 Å². The number of urea groups is 1. The zero-order chi connectivity index (χ0) is 24.5. The first kappa shape index (κ1) is 23.1. The van der Waals surface area contributed by atoms with E-state index in [2.05, 4.69) is 20.9 Å². The van der Waals surface area contributed by atoms with Crippen molar-refractivity contribution in [3.8, 4) is 0 Å². The molecule has 0 saturated carbocycles. The van der Waals surface area contributed by atoms with E-state index < -0.39 is 12.1 Å². The van der Waals surface area contributed by atoms with Crippen LogP contribution in [0.5, 0.6) is 0 Å². The highest BCUT2D eigenvalue weighted by molar-refractivity contribution is 6.09. The van der Waals surface area contributed by atoms with Gasteiger partial charge in [0.2, 0.25) is 0 Å². The summed E-state index contributed by atoms with van der Waals surface area (Å²) in [4.78, 5) is 43.1. The number of hydrogen-bond acceptors (Lipinski definition) is 3. The molecule has 0 radical (unpaired) electrons. The molecular formula is C28H32N4O3. The number of benzene rings is 1. The number of carbonyl (C=O) groups is 3. The van der Waals surface area contributed by atoms with Crippen LogP contribution in [0.3, 0.4) is 0 Å². The van der Waals surface area contributed by atoms with Crippen molar-refractivity contribution in [3.05, 3.63) is 70.7 Å². The lowest BCUT2D eigenvalue weighted by molar-refractivity contribution is -0.127. The van der Waals surface area contributed by atoms with Crippen LogP contribution in [0.1, 0.15) is 59.4 Å². The smallest absolute Gasteiger partial charge is 0.325 e. The highest BCUT2D eigenvalue weighted by Gasteiger charge is 2.39. The molecule has 5 rings (SSSR count). The number of fused-ring (bicyclic) bond motifs is 1. The number of aromatic nitrogens is 2. The topological polar surface area (TPSA) is 87.2 Å². The summed E-state index contributed by atoms with van der Waals surface area (Å²) in [5.74, 6) is -0.566. The Morgan fingerprint density at radius 2 is 1.97 bits per heavy atom. The number of rotatable bonds is 8. The Labute approximate surface area is 205 Å². The second-order valence-corrected chi connectivity index (χ2v) is 9.71. The normalized spacial score (nSPS) is 18.3. The highest BCUT2D eigenvalue weighted by atomic mass is 16.2. The van der Waals surface area contributed by atoms with Gasteiger partial charge in [-0.2, -0.15) is 0 Å². The zero-order valence-corrected chi connectivity index (χ0v) is 20.4. The molecule has 1 fully saturated rings. The van der Waals surface area contributed by atoms with E-state index in [4.69, 9.17) is 0 Å². The van der Waals surface area contributed by atoms with Gasteiger partial charge in [-0.05, 0) is 63.6 Å². The fourth-order valence-electron chi connectivity index (χ4n) is 5.43. The van der Waals surface area contributed by atoms with Crippen LogP contribution in [0.15, 0.2) is 48.2 Å². The standard InChI is InChI=1S/C28H32N4O3/c1-18-14-23(19(2)31(18)13-12-20-8-4-3-5-9-20)26(33)17-32-27(34)25(30-28(32)35)15-21-16-29-24-11-7-6-10-22(21)24/h6-8,10-11,14,16,25,29H,3-5,9,12-13,15,17H2,1-2H3,(H,30,35)/t25-/m0/s1. The summed E-state index contributed by atoms with van der Waals surface area (Å²) in [5.41, 5.74) is 5.95. The van der Waals surface area contributed by atoms with Gasteiger partial charge in [-0.25, -0.2) is 4.79 Å². The van der Waals surface area contributed by atoms with Crippen LogP contribution in [-0.2, 0) is 17.8 Å². The molecule has 1 aliphatic heterocycles. The van der Waals surface area contributed by atoms with Gasteiger partial charge in [0, 0.05) is 47.0 Å². The number of aryl methyl sites for hydroxylation is 1. The molecule has 1 atom stereocenters. The van der Waals surface area contributed by atoms with E-state index >= 15 is 0 Å². The summed E-state index contributed by atoms with van der Waals surface area (Å²) in [5, 5.41) is 3.79. The average Bonchev–Trinajstić information content (AvgIpc) is 3.48. The number of imide groups is 1. The third-order valence-corrected chi connectivity index (χ3v) is 7.42. The van der Waals surface area contributed by atoms with Gasteiger partial charge in [-0.1, -0.05) is 29.8 Å². The Morgan fingerprint density at radius 3 is 2.77 bits per heavy atom. The van der Waals surface area contributed by atoms with Crippen LogP contribution in [0, 0.1) is 13.8 Å². The van der Waals surface area contributed by atoms with Crippen molar-refractivity contribution in [2.24, 2.45) is 0 Å². The summed E-state index contributed by atoms with van der Waals surface area (Å²) in [7, 11) is 0. The first-order valence-electron chi connectivity index (χ1n) is 12.5. The maximum Gasteiger partial charge on any atom is 0.325 e. The molecule has 7 nitrogen and oxygen atoms in total. The number of allylic oxidation sites excluding steroid dienone is 2. The summed E-state index contributed by atoms with van der Waals surface area (Å²) in [6.07, 6.45) is 10.5. The van der Waals surface area contributed by atoms with Crippen molar-refractivity contribution in [2.75, 3.05) is 6.54 Å². The van der Waals surface area contributed by atoms with Gasteiger partial charge in [-0.3, -0.25) is 14.5 Å². The Hall–Kier alpha value is -3.61. The maximum atomic E-state index is 13.2. The third-order valence-electron chi connectivity index (χ3n) is 7.42. The summed E-state index contributed by atoms with van der Waals surface area (Å²) >= 11 is 0. The number of carbonyl (C=O) groups excluding carboxylic acids is 3. The van der Waals surface area contributed by atoms with Gasteiger partial charge in [0.25, 0.3) is 5.91 Å². The van der Waals surface area contributed by atoms with E-state index in [0.717, 1.165) is 58.6 Å². The SMILES string of the molecule is Cc1cc(C(=O)CN2C(=O)N[C@@H](Cc3c[nH]c4ccccc34)C2=O)c(C)n1CCC1=CCCCC1. The van der Waals surface area contributed by atoms with Gasteiger partial charge in [0.05, 0.1) is 6.54 Å². The van der Waals surface area contributed by atoms with E-state index in [1.54, 1.807) is 0 Å². The number of nitrogens with zero attached hydrogens (tertiary/aromatic N) is 2. The Bertz CT molecular complexity index is 1330. The number of ketones is 1. The average molecular weight is 473 g/mol. The van der Waals surface area contributed by atoms with Crippen molar-refractivity contribution in [1.82, 2.24) is 19.8 Å². The summed E-state index contributed by atoms with van der Waals surface area (Å²) < 4.78 is 2.17. The van der Waals surface area contributed by atoms with Crippen LogP contribution in [0.25, 0.3) is 10.9 Å². The summed E-state index contributed by atoms with van der Waals surface area (Å²) in [6, 6.07) is 8.56. The second kappa shape index (κ2) is 9.56. The van der Waals surface area contributed by atoms with Gasteiger partial charge in [0.15, 0.2) is 5.78 Å². The molecule has 3 aromatic rings. The largest absolute Gasteiger partial charge is 0.361 e. The van der Waals surface area contributed by atoms with E-state index in [9.17, 15) is 14.4 Å². The van der Waals surface area contributed by atoms with E-state index in [1.807, 2.05) is 50.4 Å². The predicted octanol–water partition coefficient (Wildman–Crippen LogP) is 4.82. The molecule has 2 aromatic heterocycles. The third kappa shape index (κ3) is 4.55. The summed E-state index contributed by atoms with van der Waals surface area (Å²) in [6.45, 7) is 4.54. The number of nitrogens with one attached hydrogen (secondary N) is 2. The fraction of sp³-hybridized carbons (Fsp3) is 0.393. The minimum atomic E-state index is -0.675. The zero-order valence-electron chi connectivity index (χ0n) is 20.4. The molecule has 7 heteroatoms. The van der Waals surface area contributed by atoms with Crippen molar-refractivity contribution in [3.63, 3.8) is 0 Å². The lowest BCUT2D eigenvalue weighted by Gasteiger charge is -2.15. The van der Waals surface area contributed by atoms with Gasteiger partial charge in [-0.15, -0.1) is 0 Å². The molecule has 3 heterocycles. The van der Waals surface area contributed by atoms with Crippen molar-refractivity contribution in [2.45, 2.75) is 65.0 Å². The Kier molecular flexibility index (Phi) is 6.32. The Balaban J connectivity index is 1.26. The number of para-hydroxylation sites is 1. The fourth-order valence-corrected chi connectivity index (χ4v) is 5.43. The van der Waals surface area contributed by atoms with Crippen LogP contribution in [0.4, 0.5) is 4.79 Å². The van der Waals surface area contributed by atoms with Crippen molar-refractivity contribution in [1.29, 1.82) is 0 Å². The van der Waals surface area contributed by atoms with Gasteiger partial charge < -0.3 is 14.9 Å². The van der Waals surface area contributed by atoms with Crippen molar-refractivity contribution < 1.29 is 14.4 Å². The number of Topliss-reactive ketones (excluding diaryl/α,β-unsaturated/α-hetero) is 1. The molecule has 35 heavy (non-hydrogen) atoms. The molecule has 3 amide bonds. The molecule has 1 aromatic carbocycles. The van der Waals surface area contributed by atoms with Crippen LogP contribution in [-0.4, -0.2) is 44.8 Å². The number of H-pyrrole nitrogens is 1. The van der Waals surface area contributed by atoms with Crippen LogP contribution < -0.4 is 5.32 Å². The number of hydrogen-bond donors (Lipinski definition) is 2. The first-order valence-corrected chi connectivity index (χ1v) is 12.5. The van der Waals surface area contributed by atoms with Crippen LogP contribution >= 0.6 is 0 Å². The molecule has 2 aliphatic rings. The predicted molar refractivity (Wildman–Crippen MR) is 135 cm³/mol. The molecule has 0 bridgehead atoms. The van der Waals surface area contributed by atoms with E-state index in [1.165, 1.54) is 18.4 Å². The minimum Gasteiger partial charge on any atom is -0.361 e.